The van der Waals surface area contributed by atoms with E-state index in [1.807, 2.05) is 31.2 Å². The molecule has 3 rings (SSSR count). The van der Waals surface area contributed by atoms with E-state index in [9.17, 15) is 17.6 Å². The predicted molar refractivity (Wildman–Crippen MR) is 117 cm³/mol. The molecule has 0 aromatic heterocycles. The van der Waals surface area contributed by atoms with Crippen LogP contribution in [-0.2, 0) is 21.4 Å². The van der Waals surface area contributed by atoms with Gasteiger partial charge in [0.1, 0.15) is 18.1 Å². The van der Waals surface area contributed by atoms with E-state index in [-0.39, 0.29) is 17.1 Å². The van der Waals surface area contributed by atoms with Crippen LogP contribution in [0.2, 0.25) is 0 Å². The number of nitrogens with one attached hydrogen (secondary N) is 1. The number of hydrogen-bond acceptors (Lipinski definition) is 4. The number of carbonyl (C=O) groups excluding carboxylic acids is 1. The van der Waals surface area contributed by atoms with Crippen molar-refractivity contribution in [2.45, 2.75) is 18.4 Å². The lowest BCUT2D eigenvalue weighted by molar-refractivity contribution is -0.119. The number of rotatable bonds is 8. The van der Waals surface area contributed by atoms with Gasteiger partial charge < -0.3 is 10.1 Å². The molecule has 0 aliphatic carbocycles. The number of aryl methyl sites for hydroxylation is 1. The van der Waals surface area contributed by atoms with Crippen molar-refractivity contribution < 1.29 is 22.3 Å². The van der Waals surface area contributed by atoms with E-state index in [2.05, 4.69) is 5.32 Å². The minimum Gasteiger partial charge on any atom is -0.497 e. The van der Waals surface area contributed by atoms with Crippen LogP contribution in [0.5, 0.6) is 5.75 Å². The molecule has 3 aromatic rings. The molecule has 0 saturated heterocycles. The van der Waals surface area contributed by atoms with Gasteiger partial charge in [-0.15, -0.1) is 0 Å². The molecule has 0 bridgehead atoms. The Labute approximate surface area is 181 Å². The van der Waals surface area contributed by atoms with E-state index in [0.717, 1.165) is 27.6 Å². The zero-order valence-electron chi connectivity index (χ0n) is 17.2. The molecule has 0 aliphatic heterocycles. The number of methoxy groups -OCH3 is 1. The Hall–Kier alpha value is -3.39. The first-order valence-electron chi connectivity index (χ1n) is 9.54. The van der Waals surface area contributed by atoms with Crippen LogP contribution in [-0.4, -0.2) is 28.0 Å². The molecule has 0 fully saturated rings. The summed E-state index contributed by atoms with van der Waals surface area (Å²) < 4.78 is 45.9. The number of amides is 1. The van der Waals surface area contributed by atoms with E-state index in [1.165, 1.54) is 19.2 Å². The molecular weight excluding hydrogens is 419 g/mol. The SMILES string of the molecule is COc1ccc(N(CC(=O)NCc2ccc(C)cc2)S(=O)(=O)c2ccc(F)cc2)cc1. The van der Waals surface area contributed by atoms with Gasteiger partial charge >= 0.3 is 0 Å². The van der Waals surface area contributed by atoms with Crippen LogP contribution >= 0.6 is 0 Å². The Balaban J connectivity index is 1.85. The Morgan fingerprint density at radius 2 is 1.58 bits per heavy atom. The van der Waals surface area contributed by atoms with Crippen molar-refractivity contribution in [3.63, 3.8) is 0 Å². The van der Waals surface area contributed by atoms with Gasteiger partial charge in [0.05, 0.1) is 17.7 Å². The number of benzene rings is 3. The normalized spacial score (nSPS) is 11.1. The fraction of sp³-hybridized carbons (Fsp3) is 0.174. The van der Waals surface area contributed by atoms with Crippen molar-refractivity contribution in [2.24, 2.45) is 0 Å². The Bertz CT molecular complexity index is 1130. The number of sulfonamides is 1. The maximum absolute atomic E-state index is 13.3. The Morgan fingerprint density at radius 1 is 0.968 bits per heavy atom. The van der Waals surface area contributed by atoms with Gasteiger partial charge in [0.2, 0.25) is 5.91 Å². The summed E-state index contributed by atoms with van der Waals surface area (Å²) in [4.78, 5) is 12.5. The minimum atomic E-state index is -4.11. The van der Waals surface area contributed by atoms with Gasteiger partial charge in [-0.1, -0.05) is 29.8 Å². The van der Waals surface area contributed by atoms with Crippen molar-refractivity contribution in [1.29, 1.82) is 0 Å². The maximum Gasteiger partial charge on any atom is 0.264 e. The van der Waals surface area contributed by atoms with Crippen molar-refractivity contribution in [2.75, 3.05) is 18.0 Å². The second-order valence-electron chi connectivity index (χ2n) is 6.93. The third kappa shape index (κ3) is 5.61. The summed E-state index contributed by atoms with van der Waals surface area (Å²) in [5, 5.41) is 2.74. The maximum atomic E-state index is 13.3. The Kier molecular flexibility index (Phi) is 6.91. The molecular formula is C23H23FN2O4S. The number of hydrogen-bond donors (Lipinski definition) is 1. The molecule has 0 heterocycles. The number of nitrogens with zero attached hydrogens (tertiary/aromatic N) is 1. The van der Waals surface area contributed by atoms with Crippen molar-refractivity contribution in [3.8, 4) is 5.75 Å². The topological polar surface area (TPSA) is 75.7 Å². The van der Waals surface area contributed by atoms with Gasteiger partial charge in [-0.05, 0) is 61.0 Å². The second kappa shape index (κ2) is 9.61. The lowest BCUT2D eigenvalue weighted by atomic mass is 10.1. The van der Waals surface area contributed by atoms with Gasteiger partial charge in [-0.2, -0.15) is 0 Å². The van der Waals surface area contributed by atoms with E-state index in [1.54, 1.807) is 24.3 Å². The quantitative estimate of drug-likeness (QED) is 0.578. The summed E-state index contributed by atoms with van der Waals surface area (Å²) >= 11 is 0. The van der Waals surface area contributed by atoms with E-state index < -0.39 is 28.3 Å². The van der Waals surface area contributed by atoms with Crippen molar-refractivity contribution in [3.05, 3.63) is 89.7 Å². The lowest BCUT2D eigenvalue weighted by Crippen LogP contribution is -2.40. The molecule has 0 spiro atoms. The molecule has 8 heteroatoms. The minimum absolute atomic E-state index is 0.115. The van der Waals surface area contributed by atoms with Gasteiger partial charge in [-0.25, -0.2) is 12.8 Å². The smallest absolute Gasteiger partial charge is 0.264 e. The van der Waals surface area contributed by atoms with Crippen LogP contribution in [0.4, 0.5) is 10.1 Å². The zero-order chi connectivity index (χ0) is 22.4. The number of halogens is 1. The molecule has 3 aromatic carbocycles. The third-order valence-corrected chi connectivity index (χ3v) is 6.45. The first-order chi connectivity index (χ1) is 14.8. The first-order valence-corrected chi connectivity index (χ1v) is 11.0. The molecule has 31 heavy (non-hydrogen) atoms. The zero-order valence-corrected chi connectivity index (χ0v) is 18.0. The molecule has 0 unspecified atom stereocenters. The molecule has 1 N–H and O–H groups in total. The Morgan fingerprint density at radius 3 is 2.16 bits per heavy atom. The van der Waals surface area contributed by atoms with E-state index in [0.29, 0.717) is 5.75 Å². The fourth-order valence-electron chi connectivity index (χ4n) is 2.89. The molecule has 0 aliphatic rings. The number of ether oxygens (including phenoxy) is 1. The summed E-state index contributed by atoms with van der Waals surface area (Å²) in [6.45, 7) is 1.81. The van der Waals surface area contributed by atoms with Gasteiger partial charge in [0.15, 0.2) is 0 Å². The summed E-state index contributed by atoms with van der Waals surface area (Å²) in [5.74, 6) is -0.473. The standard InChI is InChI=1S/C23H23FN2O4S/c1-17-3-5-18(6-4-17)15-25-23(27)16-26(20-9-11-21(30-2)12-10-20)31(28,29)22-13-7-19(24)8-14-22/h3-14H,15-16H2,1-2H3,(H,25,27). The molecule has 1 amide bonds. The van der Waals surface area contributed by atoms with Crippen molar-refractivity contribution in [1.82, 2.24) is 5.32 Å². The monoisotopic (exact) mass is 442 g/mol. The summed E-state index contributed by atoms with van der Waals surface area (Å²) in [6.07, 6.45) is 0. The fourth-order valence-corrected chi connectivity index (χ4v) is 4.31. The highest BCUT2D eigenvalue weighted by Gasteiger charge is 2.27. The van der Waals surface area contributed by atoms with Crippen LogP contribution in [0, 0.1) is 12.7 Å². The average Bonchev–Trinajstić information content (AvgIpc) is 2.77. The molecule has 0 atom stereocenters. The average molecular weight is 443 g/mol. The second-order valence-corrected chi connectivity index (χ2v) is 8.79. The van der Waals surface area contributed by atoms with E-state index >= 15 is 0 Å². The third-order valence-electron chi connectivity index (χ3n) is 4.66. The molecule has 162 valence electrons. The molecule has 0 radical (unpaired) electrons. The van der Waals surface area contributed by atoms with E-state index in [4.69, 9.17) is 4.74 Å². The highest BCUT2D eigenvalue weighted by molar-refractivity contribution is 7.92. The van der Waals surface area contributed by atoms with Crippen LogP contribution in [0.1, 0.15) is 11.1 Å². The lowest BCUT2D eigenvalue weighted by Gasteiger charge is -2.24. The molecule has 0 saturated carbocycles. The summed E-state index contributed by atoms with van der Waals surface area (Å²) in [6, 6.07) is 18.4. The summed E-state index contributed by atoms with van der Waals surface area (Å²) in [7, 11) is -2.61. The highest BCUT2D eigenvalue weighted by atomic mass is 32.2. The first kappa shape index (κ1) is 22.3. The van der Waals surface area contributed by atoms with Gasteiger partial charge in [0, 0.05) is 6.54 Å². The number of carbonyl (C=O) groups is 1. The van der Waals surface area contributed by atoms with Gasteiger partial charge in [0.25, 0.3) is 10.0 Å². The van der Waals surface area contributed by atoms with Gasteiger partial charge in [-0.3, -0.25) is 9.10 Å². The van der Waals surface area contributed by atoms with Crippen LogP contribution < -0.4 is 14.4 Å². The predicted octanol–water partition coefficient (Wildman–Crippen LogP) is 3.65. The molecule has 6 nitrogen and oxygen atoms in total. The van der Waals surface area contributed by atoms with Crippen LogP contribution in [0.3, 0.4) is 0 Å². The largest absolute Gasteiger partial charge is 0.497 e. The van der Waals surface area contributed by atoms with Crippen molar-refractivity contribution >= 4 is 21.6 Å². The number of anilines is 1. The van der Waals surface area contributed by atoms with Crippen LogP contribution in [0.15, 0.2) is 77.7 Å². The summed E-state index contributed by atoms with van der Waals surface area (Å²) in [5.41, 5.74) is 2.29. The van der Waals surface area contributed by atoms with Crippen LogP contribution in [0.25, 0.3) is 0 Å². The highest BCUT2D eigenvalue weighted by Crippen LogP contribution is 2.26.